The Labute approximate surface area is 185 Å². The van der Waals surface area contributed by atoms with Crippen LogP contribution in [0.2, 0.25) is 5.02 Å². The number of aryl methyl sites for hydroxylation is 1. The van der Waals surface area contributed by atoms with Gasteiger partial charge in [0.15, 0.2) is 0 Å². The molecule has 0 spiro atoms. The minimum Gasteiger partial charge on any atom is -0.347 e. The molecule has 1 amide bonds. The Bertz CT molecular complexity index is 1190. The molecule has 0 bridgehead atoms. The molecule has 1 atom stereocenters. The predicted molar refractivity (Wildman–Crippen MR) is 121 cm³/mol. The van der Waals surface area contributed by atoms with Crippen molar-refractivity contribution in [2.24, 2.45) is 7.05 Å². The molecule has 0 N–H and O–H groups in total. The van der Waals surface area contributed by atoms with Gasteiger partial charge in [-0.05, 0) is 36.6 Å². The molecule has 0 unspecified atom stereocenters. The number of likely N-dealkylation sites (tertiary alicyclic amines) is 1. The molecule has 7 nitrogen and oxygen atoms in total. The third-order valence-electron chi connectivity index (χ3n) is 5.50. The average Bonchev–Trinajstić information content (AvgIpc) is 3.24. The maximum atomic E-state index is 13.4. The first-order valence-electron chi connectivity index (χ1n) is 10.1. The fraction of sp³-hybridized carbons (Fsp3) is 0.304. The maximum absolute atomic E-state index is 13.4. The fourth-order valence-electron chi connectivity index (χ4n) is 3.91. The fourth-order valence-corrected chi connectivity index (χ4v) is 4.10. The lowest BCUT2D eigenvalue weighted by Crippen LogP contribution is -2.32. The maximum Gasteiger partial charge on any atom is 0.255 e. The summed E-state index contributed by atoms with van der Waals surface area (Å²) in [6, 6.07) is 10.4. The van der Waals surface area contributed by atoms with E-state index in [1.54, 1.807) is 25.5 Å². The van der Waals surface area contributed by atoms with Crippen LogP contribution in [0.25, 0.3) is 11.1 Å². The minimum atomic E-state index is -0.194. The van der Waals surface area contributed by atoms with Gasteiger partial charge in [-0.3, -0.25) is 9.59 Å². The summed E-state index contributed by atoms with van der Waals surface area (Å²) in [4.78, 5) is 38.1. The van der Waals surface area contributed by atoms with Crippen molar-refractivity contribution in [3.05, 3.63) is 75.4 Å². The summed E-state index contributed by atoms with van der Waals surface area (Å²) in [6.45, 7) is 0.628. The number of pyridine rings is 1. The highest BCUT2D eigenvalue weighted by atomic mass is 35.5. The monoisotopic (exact) mass is 437 g/mol. The van der Waals surface area contributed by atoms with Crippen molar-refractivity contribution in [1.29, 1.82) is 0 Å². The largest absolute Gasteiger partial charge is 0.347 e. The molecule has 0 aliphatic carbocycles. The van der Waals surface area contributed by atoms with Gasteiger partial charge < -0.3 is 14.4 Å². The van der Waals surface area contributed by atoms with Crippen molar-refractivity contribution in [2.75, 3.05) is 25.5 Å². The van der Waals surface area contributed by atoms with Crippen molar-refractivity contribution >= 4 is 23.5 Å². The molecule has 0 radical (unpaired) electrons. The van der Waals surface area contributed by atoms with Gasteiger partial charge in [0, 0.05) is 56.7 Å². The van der Waals surface area contributed by atoms with Crippen molar-refractivity contribution in [3.63, 3.8) is 0 Å². The molecule has 8 heteroatoms. The van der Waals surface area contributed by atoms with E-state index in [0.29, 0.717) is 23.1 Å². The van der Waals surface area contributed by atoms with Crippen LogP contribution in [0.5, 0.6) is 0 Å². The van der Waals surface area contributed by atoms with Crippen LogP contribution in [0.3, 0.4) is 0 Å². The predicted octanol–water partition coefficient (Wildman–Crippen LogP) is 3.54. The summed E-state index contributed by atoms with van der Waals surface area (Å²) >= 11 is 6.23. The van der Waals surface area contributed by atoms with E-state index in [2.05, 4.69) is 4.98 Å². The zero-order valence-electron chi connectivity index (χ0n) is 17.7. The van der Waals surface area contributed by atoms with E-state index in [1.807, 2.05) is 48.2 Å². The molecule has 160 valence electrons. The number of halogens is 1. The van der Waals surface area contributed by atoms with E-state index in [9.17, 15) is 9.59 Å². The second-order valence-electron chi connectivity index (χ2n) is 7.90. The molecule has 1 aromatic carbocycles. The van der Waals surface area contributed by atoms with Crippen molar-refractivity contribution in [3.8, 4) is 11.1 Å². The van der Waals surface area contributed by atoms with Gasteiger partial charge in [-0.25, -0.2) is 9.97 Å². The first-order chi connectivity index (χ1) is 14.8. The number of rotatable bonds is 4. The highest BCUT2D eigenvalue weighted by Crippen LogP contribution is 2.38. The first-order valence-corrected chi connectivity index (χ1v) is 10.5. The van der Waals surface area contributed by atoms with E-state index in [1.165, 1.54) is 10.6 Å². The summed E-state index contributed by atoms with van der Waals surface area (Å²) in [5.74, 6) is 0.474. The topological polar surface area (TPSA) is 71.3 Å². The van der Waals surface area contributed by atoms with E-state index in [4.69, 9.17) is 16.6 Å². The number of nitrogens with zero attached hydrogens (tertiary/aromatic N) is 5. The van der Waals surface area contributed by atoms with Gasteiger partial charge in [-0.2, -0.15) is 0 Å². The summed E-state index contributed by atoms with van der Waals surface area (Å²) in [5, 5.41) is 0.629. The zero-order valence-corrected chi connectivity index (χ0v) is 18.5. The Morgan fingerprint density at radius 2 is 2.03 bits per heavy atom. The lowest BCUT2D eigenvalue weighted by Gasteiger charge is -2.27. The average molecular weight is 438 g/mol. The van der Waals surface area contributed by atoms with Crippen molar-refractivity contribution in [2.45, 2.75) is 18.9 Å². The second-order valence-corrected chi connectivity index (χ2v) is 8.33. The molecular weight excluding hydrogens is 414 g/mol. The molecule has 1 saturated heterocycles. The first kappa shape index (κ1) is 21.1. The van der Waals surface area contributed by atoms with E-state index >= 15 is 0 Å². The number of amides is 1. The van der Waals surface area contributed by atoms with Crippen LogP contribution in [-0.2, 0) is 7.05 Å². The number of carbonyl (C=O) groups is 1. The van der Waals surface area contributed by atoms with Gasteiger partial charge in [-0.15, -0.1) is 0 Å². The molecule has 2 aromatic heterocycles. The second kappa shape index (κ2) is 8.51. The van der Waals surface area contributed by atoms with Gasteiger partial charge in [0.2, 0.25) is 11.5 Å². The Hall–Kier alpha value is -3.19. The summed E-state index contributed by atoms with van der Waals surface area (Å²) in [7, 11) is 5.42. The summed E-state index contributed by atoms with van der Waals surface area (Å²) in [5.41, 5.74) is 2.91. The molecular formula is C23H24ClN5O2. The van der Waals surface area contributed by atoms with Crippen molar-refractivity contribution < 1.29 is 4.79 Å². The van der Waals surface area contributed by atoms with E-state index < -0.39 is 0 Å². The highest BCUT2D eigenvalue weighted by molar-refractivity contribution is 6.30. The van der Waals surface area contributed by atoms with Crippen LogP contribution < -0.4 is 10.5 Å². The molecule has 3 aromatic rings. The Morgan fingerprint density at radius 3 is 2.74 bits per heavy atom. The van der Waals surface area contributed by atoms with Crippen LogP contribution >= 0.6 is 11.6 Å². The van der Waals surface area contributed by atoms with Crippen LogP contribution in [0, 0.1) is 0 Å². The number of aromatic nitrogens is 3. The normalized spacial score (nSPS) is 15.9. The Morgan fingerprint density at radius 1 is 1.23 bits per heavy atom. The third kappa shape index (κ3) is 4.18. The number of carbonyl (C=O) groups excluding carboxylic acids is 1. The number of hydrogen-bond donors (Lipinski definition) is 0. The molecule has 3 heterocycles. The Kier molecular flexibility index (Phi) is 5.78. The molecule has 4 rings (SSSR count). The number of anilines is 1. The van der Waals surface area contributed by atoms with Crippen LogP contribution in [0.1, 0.15) is 34.9 Å². The zero-order chi connectivity index (χ0) is 22.1. The van der Waals surface area contributed by atoms with Gasteiger partial charge in [0.05, 0.1) is 17.3 Å². The van der Waals surface area contributed by atoms with Crippen LogP contribution in [0.4, 0.5) is 5.95 Å². The van der Waals surface area contributed by atoms with Gasteiger partial charge in [0.1, 0.15) is 0 Å². The van der Waals surface area contributed by atoms with Gasteiger partial charge in [-0.1, -0.05) is 23.7 Å². The van der Waals surface area contributed by atoms with E-state index in [0.717, 1.165) is 29.7 Å². The number of benzene rings is 1. The molecule has 1 aliphatic rings. The standard InChI is InChI=1S/C23H24ClN5O2/c1-27(2)23-25-13-18(15-6-4-7-17(24)12-15)21(26-23)19-8-5-11-29(19)22(31)16-9-10-20(30)28(3)14-16/h4,6-7,9-10,12-14,19H,5,8,11H2,1-3H3/t19-/m1/s1. The van der Waals surface area contributed by atoms with Gasteiger partial charge in [0.25, 0.3) is 5.91 Å². The lowest BCUT2D eigenvalue weighted by molar-refractivity contribution is 0.0732. The van der Waals surface area contributed by atoms with Crippen LogP contribution in [-0.4, -0.2) is 46.0 Å². The van der Waals surface area contributed by atoms with E-state index in [-0.39, 0.29) is 17.5 Å². The highest BCUT2D eigenvalue weighted by Gasteiger charge is 2.34. The van der Waals surface area contributed by atoms with Crippen molar-refractivity contribution in [1.82, 2.24) is 19.4 Å². The lowest BCUT2D eigenvalue weighted by atomic mass is 9.99. The SMILES string of the molecule is CN(C)c1ncc(-c2cccc(Cl)c2)c([C@H]2CCCN2C(=O)c2ccc(=O)n(C)c2)n1. The quantitative estimate of drug-likeness (QED) is 0.624. The van der Waals surface area contributed by atoms with Crippen LogP contribution in [0.15, 0.2) is 53.6 Å². The smallest absolute Gasteiger partial charge is 0.255 e. The number of hydrogen-bond acceptors (Lipinski definition) is 5. The molecule has 0 saturated carbocycles. The Balaban J connectivity index is 1.79. The molecule has 1 aliphatic heterocycles. The molecule has 1 fully saturated rings. The summed E-state index contributed by atoms with van der Waals surface area (Å²) < 4.78 is 1.42. The van der Waals surface area contributed by atoms with Gasteiger partial charge >= 0.3 is 0 Å². The third-order valence-corrected chi connectivity index (χ3v) is 5.74. The summed E-state index contributed by atoms with van der Waals surface area (Å²) in [6.07, 6.45) is 5.06. The minimum absolute atomic E-state index is 0.111. The molecule has 31 heavy (non-hydrogen) atoms.